The average molecular weight is 350 g/mol. The van der Waals surface area contributed by atoms with Crippen LogP contribution < -0.4 is 10.6 Å². The smallest absolute Gasteiger partial charge is 0.407 e. The molecule has 0 heterocycles. The fourth-order valence-corrected chi connectivity index (χ4v) is 2.53. The fraction of sp³-hybridized carbons (Fsp3) is 0.875. The van der Waals surface area contributed by atoms with Gasteiger partial charge in [-0.25, -0.2) is 18.4 Å². The molecule has 0 bridgehead atoms. The number of hydrogen-bond acceptors (Lipinski definition) is 4. The number of alkyl carbamates (subject to hydrolysis) is 2. The predicted octanol–water partition coefficient (Wildman–Crippen LogP) is 3.59. The SMILES string of the molecule is CCCCOC(=O)N[C@@H]1C[C@H](NC(=O)OC(C)(C)C)CC(F)(F)C1. The summed E-state index contributed by atoms with van der Waals surface area (Å²) >= 11 is 0. The monoisotopic (exact) mass is 350 g/mol. The molecule has 8 heteroatoms. The van der Waals surface area contributed by atoms with Gasteiger partial charge in [0.25, 0.3) is 5.92 Å². The number of halogens is 2. The first kappa shape index (κ1) is 20.4. The highest BCUT2D eigenvalue weighted by Crippen LogP contribution is 2.33. The lowest BCUT2D eigenvalue weighted by atomic mass is 9.88. The largest absolute Gasteiger partial charge is 0.450 e. The third-order valence-electron chi connectivity index (χ3n) is 3.43. The second-order valence-electron chi connectivity index (χ2n) is 7.17. The van der Waals surface area contributed by atoms with E-state index in [9.17, 15) is 18.4 Å². The molecular formula is C16H28F2N2O4. The summed E-state index contributed by atoms with van der Waals surface area (Å²) in [6.45, 7) is 7.29. The molecule has 1 fully saturated rings. The van der Waals surface area contributed by atoms with E-state index in [0.717, 1.165) is 12.8 Å². The summed E-state index contributed by atoms with van der Waals surface area (Å²) < 4.78 is 37.7. The van der Waals surface area contributed by atoms with Gasteiger partial charge < -0.3 is 20.1 Å². The minimum absolute atomic E-state index is 0.206. The standard InChI is InChI=1S/C16H28F2N2O4/c1-5-6-7-23-13(21)19-11-8-12(10-16(17,18)9-11)20-14(22)24-15(2,3)4/h11-12H,5-10H2,1-4H3,(H,19,21)(H,20,22)/t11-,12+/m1/s1. The number of hydrogen-bond donors (Lipinski definition) is 2. The summed E-state index contributed by atoms with van der Waals surface area (Å²) in [5.74, 6) is -2.97. The molecule has 1 saturated carbocycles. The van der Waals surface area contributed by atoms with Crippen LogP contribution in [0.4, 0.5) is 18.4 Å². The van der Waals surface area contributed by atoms with E-state index in [2.05, 4.69) is 10.6 Å². The van der Waals surface area contributed by atoms with Crippen LogP contribution in [-0.2, 0) is 9.47 Å². The molecule has 0 spiro atoms. The lowest BCUT2D eigenvalue weighted by Gasteiger charge is -2.35. The third kappa shape index (κ3) is 8.31. The molecule has 0 saturated heterocycles. The van der Waals surface area contributed by atoms with E-state index in [1.165, 1.54) is 0 Å². The Morgan fingerprint density at radius 1 is 1.12 bits per heavy atom. The van der Waals surface area contributed by atoms with Crippen molar-refractivity contribution in [2.24, 2.45) is 0 Å². The first-order chi connectivity index (χ1) is 11.0. The Labute approximate surface area is 141 Å². The van der Waals surface area contributed by atoms with Gasteiger partial charge in [0.15, 0.2) is 0 Å². The van der Waals surface area contributed by atoms with Crippen LogP contribution in [0.15, 0.2) is 0 Å². The van der Waals surface area contributed by atoms with Crippen LogP contribution in [0.5, 0.6) is 0 Å². The number of alkyl halides is 2. The summed E-state index contributed by atoms with van der Waals surface area (Å²) in [5.41, 5.74) is -0.706. The van der Waals surface area contributed by atoms with Crippen molar-refractivity contribution in [2.45, 2.75) is 83.4 Å². The van der Waals surface area contributed by atoms with Gasteiger partial charge in [-0.15, -0.1) is 0 Å². The van der Waals surface area contributed by atoms with Crippen LogP contribution in [-0.4, -0.2) is 42.4 Å². The minimum Gasteiger partial charge on any atom is -0.450 e. The van der Waals surface area contributed by atoms with Gasteiger partial charge in [-0.3, -0.25) is 0 Å². The first-order valence-corrected chi connectivity index (χ1v) is 8.31. The number of carbonyl (C=O) groups excluding carboxylic acids is 2. The van der Waals surface area contributed by atoms with Crippen molar-refractivity contribution in [3.63, 3.8) is 0 Å². The zero-order valence-corrected chi connectivity index (χ0v) is 14.8. The van der Waals surface area contributed by atoms with E-state index < -0.39 is 48.6 Å². The summed E-state index contributed by atoms with van der Waals surface area (Å²) in [4.78, 5) is 23.4. The van der Waals surface area contributed by atoms with Crippen LogP contribution in [0.1, 0.15) is 59.8 Å². The maximum Gasteiger partial charge on any atom is 0.407 e. The molecule has 140 valence electrons. The van der Waals surface area contributed by atoms with Gasteiger partial charge in [0.05, 0.1) is 6.61 Å². The van der Waals surface area contributed by atoms with Crippen molar-refractivity contribution in [1.29, 1.82) is 0 Å². The molecule has 0 unspecified atom stereocenters. The highest BCUT2D eigenvalue weighted by Gasteiger charge is 2.42. The first-order valence-electron chi connectivity index (χ1n) is 8.31. The van der Waals surface area contributed by atoms with Crippen molar-refractivity contribution in [1.82, 2.24) is 10.6 Å². The average Bonchev–Trinajstić information content (AvgIpc) is 2.34. The van der Waals surface area contributed by atoms with Gasteiger partial charge in [0.2, 0.25) is 0 Å². The van der Waals surface area contributed by atoms with Crippen LogP contribution >= 0.6 is 0 Å². The number of amides is 2. The van der Waals surface area contributed by atoms with Crippen molar-refractivity contribution in [2.75, 3.05) is 6.61 Å². The second kappa shape index (κ2) is 8.48. The minimum atomic E-state index is -2.97. The normalized spacial score (nSPS) is 23.2. The molecule has 0 aliphatic heterocycles. The van der Waals surface area contributed by atoms with E-state index in [1.807, 2.05) is 6.92 Å². The van der Waals surface area contributed by atoms with Crippen LogP contribution in [0, 0.1) is 0 Å². The van der Waals surface area contributed by atoms with E-state index >= 15 is 0 Å². The van der Waals surface area contributed by atoms with E-state index in [1.54, 1.807) is 20.8 Å². The Morgan fingerprint density at radius 3 is 2.17 bits per heavy atom. The third-order valence-corrected chi connectivity index (χ3v) is 3.43. The molecule has 2 N–H and O–H groups in total. The maximum atomic E-state index is 13.9. The maximum absolute atomic E-state index is 13.9. The van der Waals surface area contributed by atoms with Crippen LogP contribution in [0.3, 0.4) is 0 Å². The molecule has 2 amide bonds. The summed E-state index contributed by atoms with van der Waals surface area (Å²) in [5, 5.41) is 4.90. The van der Waals surface area contributed by atoms with E-state index in [0.29, 0.717) is 0 Å². The Bertz CT molecular complexity index is 438. The predicted molar refractivity (Wildman–Crippen MR) is 85.1 cm³/mol. The molecule has 0 aromatic carbocycles. The molecule has 0 aromatic heterocycles. The number of rotatable bonds is 5. The lowest BCUT2D eigenvalue weighted by molar-refractivity contribution is -0.0544. The van der Waals surface area contributed by atoms with Gasteiger partial charge in [-0.2, -0.15) is 0 Å². The number of carbonyl (C=O) groups is 2. The number of unbranched alkanes of at least 4 members (excludes halogenated alkanes) is 1. The zero-order chi connectivity index (χ0) is 18.4. The molecule has 1 aliphatic rings. The number of nitrogens with one attached hydrogen (secondary N) is 2. The quantitative estimate of drug-likeness (QED) is 0.743. The van der Waals surface area contributed by atoms with Crippen LogP contribution in [0.25, 0.3) is 0 Å². The molecule has 6 nitrogen and oxygen atoms in total. The van der Waals surface area contributed by atoms with Crippen molar-refractivity contribution < 1.29 is 27.8 Å². The lowest BCUT2D eigenvalue weighted by Crippen LogP contribution is -2.52. The number of ether oxygens (including phenoxy) is 2. The highest BCUT2D eigenvalue weighted by atomic mass is 19.3. The summed E-state index contributed by atoms with van der Waals surface area (Å²) in [6.07, 6.45) is -0.597. The Morgan fingerprint density at radius 2 is 1.67 bits per heavy atom. The van der Waals surface area contributed by atoms with Gasteiger partial charge in [-0.05, 0) is 33.6 Å². The molecule has 1 rings (SSSR count). The Balaban J connectivity index is 2.54. The zero-order valence-electron chi connectivity index (χ0n) is 14.8. The summed E-state index contributed by atoms with van der Waals surface area (Å²) in [7, 11) is 0. The topological polar surface area (TPSA) is 76.7 Å². The van der Waals surface area contributed by atoms with Crippen molar-refractivity contribution in [3.8, 4) is 0 Å². The van der Waals surface area contributed by atoms with Gasteiger partial charge >= 0.3 is 12.2 Å². The fourth-order valence-electron chi connectivity index (χ4n) is 2.53. The van der Waals surface area contributed by atoms with Crippen molar-refractivity contribution in [3.05, 3.63) is 0 Å². The molecule has 2 atom stereocenters. The molecular weight excluding hydrogens is 322 g/mol. The molecule has 1 aliphatic carbocycles. The molecule has 24 heavy (non-hydrogen) atoms. The summed E-state index contributed by atoms with van der Waals surface area (Å²) in [6, 6.07) is -1.53. The van der Waals surface area contributed by atoms with E-state index in [4.69, 9.17) is 9.47 Å². The van der Waals surface area contributed by atoms with Gasteiger partial charge in [0.1, 0.15) is 5.60 Å². The Hall–Kier alpha value is -1.60. The second-order valence-corrected chi connectivity index (χ2v) is 7.17. The highest BCUT2D eigenvalue weighted by molar-refractivity contribution is 5.68. The molecule has 0 radical (unpaired) electrons. The molecule has 0 aromatic rings. The van der Waals surface area contributed by atoms with E-state index in [-0.39, 0.29) is 13.0 Å². The Kier molecular flexibility index (Phi) is 7.23. The van der Waals surface area contributed by atoms with Crippen molar-refractivity contribution >= 4 is 12.2 Å². The van der Waals surface area contributed by atoms with Gasteiger partial charge in [-0.1, -0.05) is 13.3 Å². The van der Waals surface area contributed by atoms with Gasteiger partial charge in [0, 0.05) is 24.9 Å². The van der Waals surface area contributed by atoms with Crippen LogP contribution in [0.2, 0.25) is 0 Å².